The molecule has 0 saturated heterocycles. The fraction of sp³-hybridized carbons (Fsp3) is 0.333. The third-order valence-electron chi connectivity index (χ3n) is 2.00. The van der Waals surface area contributed by atoms with Crippen LogP contribution >= 0.6 is 28.3 Å². The third-order valence-corrected chi connectivity index (χ3v) is 2.49. The van der Waals surface area contributed by atoms with Crippen LogP contribution in [-0.2, 0) is 6.54 Å². The standard InChI is InChI=1S/C9H11BrN2.ClH/c10-8-1-2-9-7(5-8)6-11-3-4-12-9;/h1-2,5,11-12H,3-4,6H2;1H. The van der Waals surface area contributed by atoms with Crippen molar-refractivity contribution < 1.29 is 0 Å². The minimum Gasteiger partial charge on any atom is -0.384 e. The number of hydrogen-bond donors (Lipinski definition) is 2. The number of anilines is 1. The second-order valence-electron chi connectivity index (χ2n) is 2.91. The summed E-state index contributed by atoms with van der Waals surface area (Å²) in [6.45, 7) is 3.00. The maximum atomic E-state index is 3.46. The quantitative estimate of drug-likeness (QED) is 0.751. The molecule has 0 bridgehead atoms. The Morgan fingerprint density at radius 3 is 2.92 bits per heavy atom. The Bertz CT molecular complexity index is 291. The molecule has 0 amide bonds. The Kier molecular flexibility index (Phi) is 4.03. The average molecular weight is 264 g/mol. The lowest BCUT2D eigenvalue weighted by molar-refractivity contribution is 0.725. The number of rotatable bonds is 0. The van der Waals surface area contributed by atoms with Crippen molar-refractivity contribution in [2.75, 3.05) is 18.4 Å². The van der Waals surface area contributed by atoms with E-state index in [9.17, 15) is 0 Å². The molecule has 0 aliphatic carbocycles. The number of halogens is 2. The first-order valence-electron chi connectivity index (χ1n) is 4.09. The zero-order valence-electron chi connectivity index (χ0n) is 7.14. The van der Waals surface area contributed by atoms with Crippen LogP contribution in [0, 0.1) is 0 Å². The first kappa shape index (κ1) is 10.8. The van der Waals surface area contributed by atoms with Gasteiger partial charge in [0.15, 0.2) is 0 Å². The summed E-state index contributed by atoms with van der Waals surface area (Å²) >= 11 is 3.46. The van der Waals surface area contributed by atoms with Crippen molar-refractivity contribution in [3.63, 3.8) is 0 Å². The first-order valence-corrected chi connectivity index (χ1v) is 4.88. The monoisotopic (exact) mass is 262 g/mol. The molecule has 0 radical (unpaired) electrons. The molecule has 0 aromatic heterocycles. The van der Waals surface area contributed by atoms with Crippen molar-refractivity contribution in [1.82, 2.24) is 5.32 Å². The lowest BCUT2D eigenvalue weighted by Crippen LogP contribution is -2.16. The van der Waals surface area contributed by atoms with Gasteiger partial charge in [-0.2, -0.15) is 0 Å². The molecule has 0 fully saturated rings. The SMILES string of the molecule is Brc1ccc2c(c1)CNCCN2.Cl. The van der Waals surface area contributed by atoms with Crippen LogP contribution in [0.1, 0.15) is 5.56 Å². The van der Waals surface area contributed by atoms with Crippen molar-refractivity contribution in [3.8, 4) is 0 Å². The Morgan fingerprint density at radius 2 is 2.08 bits per heavy atom. The molecule has 72 valence electrons. The normalized spacial score (nSPS) is 14.8. The maximum Gasteiger partial charge on any atom is 0.0387 e. The summed E-state index contributed by atoms with van der Waals surface area (Å²) in [4.78, 5) is 0. The fourth-order valence-corrected chi connectivity index (χ4v) is 1.80. The van der Waals surface area contributed by atoms with E-state index < -0.39 is 0 Å². The number of benzene rings is 1. The van der Waals surface area contributed by atoms with Gasteiger partial charge in [0.25, 0.3) is 0 Å². The van der Waals surface area contributed by atoms with Crippen LogP contribution < -0.4 is 10.6 Å². The van der Waals surface area contributed by atoms with Gasteiger partial charge in [-0.15, -0.1) is 12.4 Å². The van der Waals surface area contributed by atoms with Gasteiger partial charge in [-0.05, 0) is 23.8 Å². The molecule has 1 aromatic carbocycles. The first-order chi connectivity index (χ1) is 5.86. The van der Waals surface area contributed by atoms with Crippen molar-refractivity contribution in [3.05, 3.63) is 28.2 Å². The lowest BCUT2D eigenvalue weighted by Gasteiger charge is -2.06. The number of hydrogen-bond acceptors (Lipinski definition) is 2. The summed E-state index contributed by atoms with van der Waals surface area (Å²) in [6, 6.07) is 6.34. The van der Waals surface area contributed by atoms with E-state index >= 15 is 0 Å². The number of fused-ring (bicyclic) bond motifs is 1. The Balaban J connectivity index is 0.000000845. The highest BCUT2D eigenvalue weighted by Crippen LogP contribution is 2.21. The fourth-order valence-electron chi connectivity index (χ4n) is 1.39. The maximum absolute atomic E-state index is 3.46. The number of nitrogens with one attached hydrogen (secondary N) is 2. The van der Waals surface area contributed by atoms with Crippen LogP contribution in [0.5, 0.6) is 0 Å². The van der Waals surface area contributed by atoms with Gasteiger partial charge < -0.3 is 10.6 Å². The van der Waals surface area contributed by atoms with Gasteiger partial charge in [0.05, 0.1) is 0 Å². The molecule has 4 heteroatoms. The molecule has 0 unspecified atom stereocenters. The predicted octanol–water partition coefficient (Wildman–Crippen LogP) is 2.39. The molecule has 2 N–H and O–H groups in total. The van der Waals surface area contributed by atoms with Gasteiger partial charge in [-0.25, -0.2) is 0 Å². The second-order valence-corrected chi connectivity index (χ2v) is 3.82. The predicted molar refractivity (Wildman–Crippen MR) is 61.6 cm³/mol. The van der Waals surface area contributed by atoms with Crippen LogP contribution in [0.3, 0.4) is 0 Å². The summed E-state index contributed by atoms with van der Waals surface area (Å²) in [5, 5.41) is 6.72. The molecular weight excluding hydrogens is 251 g/mol. The van der Waals surface area contributed by atoms with Crippen molar-refractivity contribution in [2.45, 2.75) is 6.54 Å². The molecule has 2 rings (SSSR count). The van der Waals surface area contributed by atoms with Crippen LogP contribution in [-0.4, -0.2) is 13.1 Å². The zero-order chi connectivity index (χ0) is 8.39. The molecule has 13 heavy (non-hydrogen) atoms. The van der Waals surface area contributed by atoms with E-state index in [4.69, 9.17) is 0 Å². The molecule has 1 aliphatic heterocycles. The molecule has 1 aliphatic rings. The lowest BCUT2D eigenvalue weighted by atomic mass is 10.2. The van der Waals surface area contributed by atoms with E-state index in [-0.39, 0.29) is 12.4 Å². The summed E-state index contributed by atoms with van der Waals surface area (Å²) in [5.41, 5.74) is 2.59. The topological polar surface area (TPSA) is 24.1 Å². The van der Waals surface area contributed by atoms with Crippen LogP contribution in [0.15, 0.2) is 22.7 Å². The van der Waals surface area contributed by atoms with E-state index in [1.54, 1.807) is 0 Å². The van der Waals surface area contributed by atoms with E-state index in [0.717, 1.165) is 24.1 Å². The molecular formula is C9H12BrClN2. The van der Waals surface area contributed by atoms with Gasteiger partial charge >= 0.3 is 0 Å². The Labute approximate surface area is 92.6 Å². The molecule has 0 spiro atoms. The van der Waals surface area contributed by atoms with Crippen LogP contribution in [0.25, 0.3) is 0 Å². The highest BCUT2D eigenvalue weighted by Gasteiger charge is 2.05. The van der Waals surface area contributed by atoms with Crippen molar-refractivity contribution in [2.24, 2.45) is 0 Å². The van der Waals surface area contributed by atoms with Gasteiger partial charge in [0.2, 0.25) is 0 Å². The largest absolute Gasteiger partial charge is 0.384 e. The average Bonchev–Trinajstić information content (AvgIpc) is 2.28. The molecule has 1 heterocycles. The summed E-state index contributed by atoms with van der Waals surface area (Å²) < 4.78 is 1.15. The van der Waals surface area contributed by atoms with Gasteiger partial charge in [-0.1, -0.05) is 15.9 Å². The van der Waals surface area contributed by atoms with Crippen LogP contribution in [0.4, 0.5) is 5.69 Å². The highest BCUT2D eigenvalue weighted by molar-refractivity contribution is 9.10. The summed E-state index contributed by atoms with van der Waals surface area (Å²) in [5.74, 6) is 0. The van der Waals surface area contributed by atoms with Crippen molar-refractivity contribution in [1.29, 1.82) is 0 Å². The summed E-state index contributed by atoms with van der Waals surface area (Å²) in [7, 11) is 0. The minimum atomic E-state index is 0. The Hall–Kier alpha value is -0.250. The molecule has 1 aromatic rings. The second kappa shape index (κ2) is 4.84. The smallest absolute Gasteiger partial charge is 0.0387 e. The minimum absolute atomic E-state index is 0. The highest BCUT2D eigenvalue weighted by atomic mass is 79.9. The van der Waals surface area contributed by atoms with E-state index in [1.165, 1.54) is 11.3 Å². The molecule has 2 nitrogen and oxygen atoms in total. The van der Waals surface area contributed by atoms with E-state index in [0.29, 0.717) is 0 Å². The molecule has 0 saturated carbocycles. The van der Waals surface area contributed by atoms with Gasteiger partial charge in [0, 0.05) is 29.8 Å². The van der Waals surface area contributed by atoms with Gasteiger partial charge in [0.1, 0.15) is 0 Å². The van der Waals surface area contributed by atoms with Gasteiger partial charge in [-0.3, -0.25) is 0 Å². The third kappa shape index (κ3) is 2.59. The van der Waals surface area contributed by atoms with Crippen LogP contribution in [0.2, 0.25) is 0 Å². The summed E-state index contributed by atoms with van der Waals surface area (Å²) in [6.07, 6.45) is 0. The van der Waals surface area contributed by atoms with E-state index in [1.807, 2.05) is 0 Å². The van der Waals surface area contributed by atoms with Crippen molar-refractivity contribution >= 4 is 34.0 Å². The zero-order valence-corrected chi connectivity index (χ0v) is 9.54. The molecule has 0 atom stereocenters. The van der Waals surface area contributed by atoms with E-state index in [2.05, 4.69) is 44.8 Å². The Morgan fingerprint density at radius 1 is 1.23 bits per heavy atom.